The molecule has 13 heteroatoms. The number of aliphatic hydroxyl groups excluding tert-OH is 1. The molecule has 0 fully saturated rings. The molecule has 2 heterocycles. The van der Waals surface area contributed by atoms with E-state index in [9.17, 15) is 13.2 Å². The zero-order chi connectivity index (χ0) is 23.4. The van der Waals surface area contributed by atoms with E-state index in [0.717, 1.165) is 10.9 Å². The first kappa shape index (κ1) is 22.6. The number of aromatic amines is 1. The molecule has 33 heavy (non-hydrogen) atoms. The number of hydrogen-bond donors (Lipinski definition) is 5. The van der Waals surface area contributed by atoms with Crippen LogP contribution in [0.3, 0.4) is 0 Å². The predicted octanol–water partition coefficient (Wildman–Crippen LogP) is 2.58. The lowest BCUT2D eigenvalue weighted by atomic mass is 10.2. The molecule has 0 saturated heterocycles. The molecule has 0 aliphatic carbocycles. The number of carbonyl (C=O) groups is 1. The molecule has 0 amide bonds. The summed E-state index contributed by atoms with van der Waals surface area (Å²) in [6.07, 6.45) is 2.23. The molecular formula is C20H18ClN7O4S. The number of aromatic nitrogens is 4. The van der Waals surface area contributed by atoms with Crippen LogP contribution in [0.15, 0.2) is 53.6 Å². The number of aldehydes is 1. The van der Waals surface area contributed by atoms with E-state index in [0.29, 0.717) is 17.7 Å². The third-order valence-electron chi connectivity index (χ3n) is 4.54. The van der Waals surface area contributed by atoms with Crippen LogP contribution in [0.1, 0.15) is 10.4 Å². The highest BCUT2D eigenvalue weighted by Crippen LogP contribution is 2.27. The van der Waals surface area contributed by atoms with E-state index in [-0.39, 0.29) is 40.5 Å². The number of H-pyrrole nitrogens is 1. The standard InChI is InChI=1S/C20H18ClN7O4S/c21-18-16(11-30)19(24-14-3-6-17-12(9-14)10-22-28-17)27-20(26-18)25-13-1-4-15(5-2-13)33(31,32)23-7-8-29/h1-6,9-11,23,29H,7-8H2,(H,22,28)(H2,24,25,26,27). The molecule has 4 rings (SSSR count). The molecule has 0 unspecified atom stereocenters. The van der Waals surface area contributed by atoms with E-state index in [2.05, 4.69) is 35.5 Å². The minimum atomic E-state index is -3.73. The molecule has 0 aliphatic rings. The van der Waals surface area contributed by atoms with E-state index in [1.807, 2.05) is 12.1 Å². The van der Waals surface area contributed by atoms with Gasteiger partial charge in [0.2, 0.25) is 16.0 Å². The minimum Gasteiger partial charge on any atom is -0.395 e. The van der Waals surface area contributed by atoms with Crippen LogP contribution in [0.5, 0.6) is 0 Å². The average Bonchev–Trinajstić information content (AvgIpc) is 3.26. The lowest BCUT2D eigenvalue weighted by Crippen LogP contribution is -2.26. The van der Waals surface area contributed by atoms with Gasteiger partial charge in [-0.25, -0.2) is 13.1 Å². The van der Waals surface area contributed by atoms with Gasteiger partial charge in [0.05, 0.1) is 28.8 Å². The van der Waals surface area contributed by atoms with Crippen molar-refractivity contribution in [3.63, 3.8) is 0 Å². The summed E-state index contributed by atoms with van der Waals surface area (Å²) < 4.78 is 26.5. The summed E-state index contributed by atoms with van der Waals surface area (Å²) in [7, 11) is -3.73. The van der Waals surface area contributed by atoms with Crippen molar-refractivity contribution in [3.05, 3.63) is 59.4 Å². The number of nitrogens with one attached hydrogen (secondary N) is 4. The monoisotopic (exact) mass is 487 g/mol. The molecule has 4 aromatic rings. The second-order valence-electron chi connectivity index (χ2n) is 6.79. The summed E-state index contributed by atoms with van der Waals surface area (Å²) in [5.74, 6) is 0.300. The van der Waals surface area contributed by atoms with Crippen LogP contribution in [-0.2, 0) is 10.0 Å². The van der Waals surface area contributed by atoms with Crippen molar-refractivity contribution in [1.82, 2.24) is 24.9 Å². The third-order valence-corrected chi connectivity index (χ3v) is 6.31. The van der Waals surface area contributed by atoms with Crippen molar-refractivity contribution in [2.45, 2.75) is 4.90 Å². The van der Waals surface area contributed by atoms with E-state index in [1.54, 1.807) is 12.3 Å². The topological polar surface area (TPSA) is 162 Å². The summed E-state index contributed by atoms with van der Waals surface area (Å²) in [4.78, 5) is 20.0. The Kier molecular flexibility index (Phi) is 6.51. The Bertz CT molecular complexity index is 1410. The number of fused-ring (bicyclic) bond motifs is 1. The van der Waals surface area contributed by atoms with Gasteiger partial charge in [0.1, 0.15) is 11.0 Å². The van der Waals surface area contributed by atoms with Gasteiger partial charge in [0.15, 0.2) is 6.29 Å². The maximum Gasteiger partial charge on any atom is 0.240 e. The van der Waals surface area contributed by atoms with Crippen LogP contribution in [0.4, 0.5) is 23.1 Å². The maximum absolute atomic E-state index is 12.1. The van der Waals surface area contributed by atoms with Crippen LogP contribution in [0.25, 0.3) is 10.9 Å². The SMILES string of the molecule is O=Cc1c(Cl)nc(Nc2ccc(S(=O)(=O)NCCO)cc2)nc1Nc1ccc2[nH]ncc2c1. The summed E-state index contributed by atoms with van der Waals surface area (Å²) in [5.41, 5.74) is 2.11. The van der Waals surface area contributed by atoms with Gasteiger partial charge in [-0.3, -0.25) is 9.89 Å². The number of halogens is 1. The fourth-order valence-corrected chi connectivity index (χ4v) is 4.20. The predicted molar refractivity (Wildman–Crippen MR) is 124 cm³/mol. The van der Waals surface area contributed by atoms with Crippen molar-refractivity contribution in [2.24, 2.45) is 0 Å². The van der Waals surface area contributed by atoms with E-state index < -0.39 is 10.0 Å². The quantitative estimate of drug-likeness (QED) is 0.176. The summed E-state index contributed by atoms with van der Waals surface area (Å²) in [6, 6.07) is 11.3. The molecule has 2 aromatic heterocycles. The Morgan fingerprint density at radius 2 is 1.82 bits per heavy atom. The van der Waals surface area contributed by atoms with Gasteiger partial charge >= 0.3 is 0 Å². The number of benzene rings is 2. The molecule has 0 bridgehead atoms. The van der Waals surface area contributed by atoms with E-state index in [1.165, 1.54) is 24.3 Å². The highest BCUT2D eigenvalue weighted by Gasteiger charge is 2.15. The number of hydrogen-bond acceptors (Lipinski definition) is 9. The highest BCUT2D eigenvalue weighted by molar-refractivity contribution is 7.89. The van der Waals surface area contributed by atoms with Crippen molar-refractivity contribution in [2.75, 3.05) is 23.8 Å². The number of rotatable bonds is 9. The number of carbonyl (C=O) groups excluding carboxylic acids is 1. The lowest BCUT2D eigenvalue weighted by molar-refractivity contribution is 0.112. The fraction of sp³-hybridized carbons (Fsp3) is 0.100. The first-order valence-corrected chi connectivity index (χ1v) is 11.5. The third kappa shape index (κ3) is 5.09. The Morgan fingerprint density at radius 1 is 1.06 bits per heavy atom. The molecule has 0 radical (unpaired) electrons. The Labute approximate surface area is 193 Å². The van der Waals surface area contributed by atoms with Gasteiger partial charge < -0.3 is 15.7 Å². The summed E-state index contributed by atoms with van der Waals surface area (Å²) >= 11 is 6.19. The lowest BCUT2D eigenvalue weighted by Gasteiger charge is -2.12. The van der Waals surface area contributed by atoms with Gasteiger partial charge in [0.25, 0.3) is 0 Å². The van der Waals surface area contributed by atoms with E-state index in [4.69, 9.17) is 16.7 Å². The minimum absolute atomic E-state index is 0.0359. The fourth-order valence-electron chi connectivity index (χ4n) is 2.96. The molecule has 0 atom stereocenters. The van der Waals surface area contributed by atoms with Crippen LogP contribution >= 0.6 is 11.6 Å². The maximum atomic E-state index is 12.1. The smallest absolute Gasteiger partial charge is 0.240 e. The van der Waals surface area contributed by atoms with Crippen LogP contribution < -0.4 is 15.4 Å². The molecule has 0 aliphatic heterocycles. The Hall–Kier alpha value is -3.58. The average molecular weight is 488 g/mol. The highest BCUT2D eigenvalue weighted by atomic mass is 35.5. The normalized spacial score (nSPS) is 11.5. The second-order valence-corrected chi connectivity index (χ2v) is 8.91. The second kappa shape index (κ2) is 9.50. The molecule has 170 valence electrons. The molecule has 11 nitrogen and oxygen atoms in total. The molecule has 2 aromatic carbocycles. The summed E-state index contributed by atoms with van der Waals surface area (Å²) in [5, 5.41) is 22.5. The summed E-state index contributed by atoms with van der Waals surface area (Å²) in [6.45, 7) is -0.388. The number of aliphatic hydroxyl groups is 1. The zero-order valence-electron chi connectivity index (χ0n) is 16.9. The number of anilines is 4. The Balaban J connectivity index is 1.58. The van der Waals surface area contributed by atoms with Crippen LogP contribution in [-0.4, -0.2) is 53.1 Å². The first-order valence-electron chi connectivity index (χ1n) is 9.60. The van der Waals surface area contributed by atoms with Crippen LogP contribution in [0.2, 0.25) is 5.15 Å². The van der Waals surface area contributed by atoms with Gasteiger partial charge in [-0.1, -0.05) is 11.6 Å². The van der Waals surface area contributed by atoms with Gasteiger partial charge in [-0.05, 0) is 42.5 Å². The molecule has 5 N–H and O–H groups in total. The van der Waals surface area contributed by atoms with Crippen LogP contribution in [0, 0.1) is 0 Å². The molecular weight excluding hydrogens is 470 g/mol. The van der Waals surface area contributed by atoms with Crippen molar-refractivity contribution in [1.29, 1.82) is 0 Å². The number of sulfonamides is 1. The molecule has 0 saturated carbocycles. The van der Waals surface area contributed by atoms with Gasteiger partial charge in [0, 0.05) is 23.3 Å². The van der Waals surface area contributed by atoms with Crippen molar-refractivity contribution >= 4 is 62.0 Å². The Morgan fingerprint density at radius 3 is 2.55 bits per heavy atom. The van der Waals surface area contributed by atoms with E-state index >= 15 is 0 Å². The number of nitrogens with zero attached hydrogens (tertiary/aromatic N) is 3. The first-order chi connectivity index (χ1) is 15.9. The van der Waals surface area contributed by atoms with Crippen molar-refractivity contribution < 1.29 is 18.3 Å². The van der Waals surface area contributed by atoms with Gasteiger partial charge in [-0.2, -0.15) is 15.1 Å². The van der Waals surface area contributed by atoms with Crippen molar-refractivity contribution in [3.8, 4) is 0 Å². The van der Waals surface area contributed by atoms with Gasteiger partial charge in [-0.15, -0.1) is 0 Å². The molecule has 0 spiro atoms. The zero-order valence-corrected chi connectivity index (χ0v) is 18.5. The largest absolute Gasteiger partial charge is 0.395 e.